The lowest BCUT2D eigenvalue weighted by Crippen LogP contribution is -2.39. The van der Waals surface area contributed by atoms with Crippen molar-refractivity contribution in [2.75, 3.05) is 13.1 Å². The lowest BCUT2D eigenvalue weighted by Gasteiger charge is -2.33. The number of nitrogens with zero attached hydrogens (tertiary/aromatic N) is 2. The molecule has 2 heterocycles. The van der Waals surface area contributed by atoms with Crippen molar-refractivity contribution in [1.82, 2.24) is 9.88 Å². The zero-order valence-electron chi connectivity index (χ0n) is 19.5. The summed E-state index contributed by atoms with van der Waals surface area (Å²) in [7, 11) is -0.837. The zero-order valence-corrected chi connectivity index (χ0v) is 20.5. The van der Waals surface area contributed by atoms with Crippen LogP contribution in [0.3, 0.4) is 0 Å². The summed E-state index contributed by atoms with van der Waals surface area (Å²) < 4.78 is 11.8. The molecule has 0 saturated heterocycles. The molecule has 1 aliphatic rings. The maximum Gasteiger partial charge on any atom is 0.410 e. The van der Waals surface area contributed by atoms with Gasteiger partial charge in [-0.3, -0.25) is 4.98 Å². The van der Waals surface area contributed by atoms with Gasteiger partial charge in [-0.25, -0.2) is 4.79 Å². The quantitative estimate of drug-likeness (QED) is 0.584. The largest absolute Gasteiger partial charge is 0.444 e. The molecule has 0 bridgehead atoms. The molecule has 1 atom stereocenters. The highest BCUT2D eigenvalue weighted by atomic mass is 28.3. The van der Waals surface area contributed by atoms with Crippen molar-refractivity contribution in [3.05, 3.63) is 35.2 Å². The summed E-state index contributed by atoms with van der Waals surface area (Å²) in [5.41, 5.74) is 4.05. The van der Waals surface area contributed by atoms with E-state index in [9.17, 15) is 4.79 Å². The topological polar surface area (TPSA) is 51.7 Å². The van der Waals surface area contributed by atoms with Gasteiger partial charge in [0.2, 0.25) is 9.04 Å². The number of amides is 1. The van der Waals surface area contributed by atoms with Crippen LogP contribution >= 0.6 is 0 Å². The van der Waals surface area contributed by atoms with E-state index >= 15 is 0 Å². The third kappa shape index (κ3) is 6.68. The fraction of sp³-hybridized carbons (Fsp3) is 0.652. The second-order valence-corrected chi connectivity index (χ2v) is 12.2. The summed E-state index contributed by atoms with van der Waals surface area (Å²) in [6.45, 7) is 19.9. The number of carbonyl (C=O) groups excluding carboxylic acids is 1. The van der Waals surface area contributed by atoms with E-state index < -0.39 is 14.6 Å². The van der Waals surface area contributed by atoms with E-state index in [2.05, 4.69) is 52.9 Å². The molecule has 0 saturated carbocycles. The molecule has 0 aromatic carbocycles. The summed E-state index contributed by atoms with van der Waals surface area (Å²) in [6, 6.07) is 2.21. The van der Waals surface area contributed by atoms with E-state index in [0.29, 0.717) is 13.1 Å². The summed E-state index contributed by atoms with van der Waals surface area (Å²) in [5, 5.41) is 0. The minimum Gasteiger partial charge on any atom is -0.444 e. The van der Waals surface area contributed by atoms with Gasteiger partial charge >= 0.3 is 6.09 Å². The van der Waals surface area contributed by atoms with Crippen molar-refractivity contribution in [3.63, 3.8) is 0 Å². The van der Waals surface area contributed by atoms with Crippen molar-refractivity contribution in [1.29, 1.82) is 0 Å². The van der Waals surface area contributed by atoms with Crippen LogP contribution in [0, 0.1) is 12.3 Å². The maximum atomic E-state index is 12.3. The summed E-state index contributed by atoms with van der Waals surface area (Å²) in [6.07, 6.45) is 4.61. The van der Waals surface area contributed by atoms with E-state index in [4.69, 9.17) is 14.1 Å². The van der Waals surface area contributed by atoms with Crippen LogP contribution in [0.4, 0.5) is 4.79 Å². The molecule has 1 aromatic heterocycles. The molecule has 1 unspecified atom stereocenters. The minimum atomic E-state index is -0.837. The number of ether oxygens (including phenoxy) is 1. The molecule has 1 aliphatic heterocycles. The van der Waals surface area contributed by atoms with Crippen molar-refractivity contribution >= 4 is 20.7 Å². The monoisotopic (exact) mass is 417 g/mol. The molecule has 0 fully saturated rings. The van der Waals surface area contributed by atoms with Gasteiger partial charge in [0, 0.05) is 19.3 Å². The first kappa shape index (κ1) is 23.6. The lowest BCUT2D eigenvalue weighted by atomic mass is 9.85. The average molecular weight is 418 g/mol. The Kier molecular flexibility index (Phi) is 7.33. The van der Waals surface area contributed by atoms with E-state index in [1.807, 2.05) is 27.0 Å². The predicted octanol–water partition coefficient (Wildman–Crippen LogP) is 5.77. The number of carbonyl (C=O) groups is 1. The van der Waals surface area contributed by atoms with Gasteiger partial charge in [-0.2, -0.15) is 0 Å². The van der Waals surface area contributed by atoms with Crippen LogP contribution in [0.1, 0.15) is 70.9 Å². The molecule has 161 valence electrons. The van der Waals surface area contributed by atoms with Crippen LogP contribution in [0.5, 0.6) is 0 Å². The molecule has 29 heavy (non-hydrogen) atoms. The molecule has 1 radical (unpaired) electrons. The molecule has 2 rings (SSSR count). The number of hydrogen-bond donors (Lipinski definition) is 0. The molecule has 1 amide bonds. The third-order valence-electron chi connectivity index (χ3n) is 4.74. The van der Waals surface area contributed by atoms with Crippen LogP contribution in [0.25, 0.3) is 5.57 Å². The van der Waals surface area contributed by atoms with Crippen molar-refractivity contribution < 1.29 is 14.0 Å². The Bertz CT molecular complexity index is 760. The van der Waals surface area contributed by atoms with Gasteiger partial charge < -0.3 is 14.1 Å². The first-order valence-electron chi connectivity index (χ1n) is 10.4. The number of aromatic nitrogens is 1. The highest BCUT2D eigenvalue weighted by Gasteiger charge is 2.31. The van der Waals surface area contributed by atoms with Gasteiger partial charge in [0.05, 0.1) is 11.8 Å². The van der Waals surface area contributed by atoms with E-state index in [1.54, 1.807) is 4.90 Å². The van der Waals surface area contributed by atoms with E-state index in [1.165, 1.54) is 5.57 Å². The molecule has 5 nitrogen and oxygen atoms in total. The Morgan fingerprint density at radius 2 is 1.86 bits per heavy atom. The Morgan fingerprint density at radius 3 is 2.31 bits per heavy atom. The van der Waals surface area contributed by atoms with Crippen molar-refractivity contribution in [2.45, 2.75) is 79.7 Å². The molecular formula is C23H37N2O3Si. The first-order valence-corrected chi connectivity index (χ1v) is 12.8. The Morgan fingerprint density at radius 1 is 1.21 bits per heavy atom. The molecular weight excluding hydrogens is 380 g/mol. The highest BCUT2D eigenvalue weighted by molar-refractivity contribution is 6.48. The van der Waals surface area contributed by atoms with Crippen LogP contribution in [-0.4, -0.2) is 43.7 Å². The van der Waals surface area contributed by atoms with E-state index in [-0.39, 0.29) is 17.6 Å². The fourth-order valence-electron chi connectivity index (χ4n) is 3.34. The molecule has 0 N–H and O–H groups in total. The minimum absolute atomic E-state index is 0.0107. The zero-order chi connectivity index (χ0) is 22.0. The van der Waals surface area contributed by atoms with Gasteiger partial charge in [0.15, 0.2) is 0 Å². The Hall–Kier alpha value is -1.66. The lowest BCUT2D eigenvalue weighted by molar-refractivity contribution is 0.0270. The second kappa shape index (κ2) is 9.00. The number of pyridine rings is 1. The maximum absolute atomic E-state index is 12.3. The molecule has 0 aliphatic carbocycles. The number of rotatable bonds is 4. The normalized spacial score (nSPS) is 16.6. The van der Waals surface area contributed by atoms with Gasteiger partial charge in [0.25, 0.3) is 0 Å². The van der Waals surface area contributed by atoms with Gasteiger partial charge in [0.1, 0.15) is 5.60 Å². The third-order valence-corrected chi connectivity index (χ3v) is 5.45. The van der Waals surface area contributed by atoms with Crippen LogP contribution in [-0.2, 0) is 9.16 Å². The first-order chi connectivity index (χ1) is 13.3. The number of aryl methyl sites for hydroxylation is 1. The Balaban J connectivity index is 2.17. The van der Waals surface area contributed by atoms with Crippen molar-refractivity contribution in [2.24, 2.45) is 5.41 Å². The van der Waals surface area contributed by atoms with Gasteiger partial charge in [-0.1, -0.05) is 26.8 Å². The molecule has 6 heteroatoms. The van der Waals surface area contributed by atoms with Gasteiger partial charge in [-0.05, 0) is 75.4 Å². The SMILES string of the molecule is Cc1cc(C2=CCN(C(=O)OC(C)(C)C)CC2)cnc1C(O[Si](C)C)C(C)(C)C. The second-order valence-electron chi connectivity index (χ2n) is 10.1. The van der Waals surface area contributed by atoms with E-state index in [0.717, 1.165) is 23.2 Å². The Labute approximate surface area is 178 Å². The van der Waals surface area contributed by atoms with Crippen LogP contribution < -0.4 is 0 Å². The van der Waals surface area contributed by atoms with Crippen LogP contribution in [0.15, 0.2) is 18.3 Å². The highest BCUT2D eigenvalue weighted by Crippen LogP contribution is 2.37. The standard InChI is InChI=1S/C23H37N2O3Si/c1-16-14-18(15-24-19(16)20(22(2,3)4)28-29(8)9)17-10-12-25(13-11-17)21(26)27-23(5,6)7/h10,14-15,20H,11-13H2,1-9H3. The average Bonchev–Trinajstić information content (AvgIpc) is 2.57. The van der Waals surface area contributed by atoms with Crippen molar-refractivity contribution in [3.8, 4) is 0 Å². The summed E-state index contributed by atoms with van der Waals surface area (Å²) in [5.74, 6) is 0. The summed E-state index contributed by atoms with van der Waals surface area (Å²) in [4.78, 5) is 18.8. The summed E-state index contributed by atoms with van der Waals surface area (Å²) >= 11 is 0. The smallest absolute Gasteiger partial charge is 0.410 e. The molecule has 0 spiro atoms. The predicted molar refractivity (Wildman–Crippen MR) is 120 cm³/mol. The van der Waals surface area contributed by atoms with Gasteiger partial charge in [-0.15, -0.1) is 0 Å². The number of hydrogen-bond acceptors (Lipinski definition) is 4. The molecule has 1 aromatic rings. The fourth-order valence-corrected chi connectivity index (χ4v) is 4.27. The van der Waals surface area contributed by atoms with Crippen LogP contribution in [0.2, 0.25) is 13.1 Å².